The molecule has 1 saturated carbocycles. The van der Waals surface area contributed by atoms with E-state index in [-0.39, 0.29) is 10.9 Å². The third-order valence-corrected chi connectivity index (χ3v) is 5.28. The van der Waals surface area contributed by atoms with Gasteiger partial charge in [0.05, 0.1) is 4.92 Å². The third-order valence-electron chi connectivity index (χ3n) is 3.64. The molecule has 0 saturated heterocycles. The Morgan fingerprint density at radius 2 is 2.19 bits per heavy atom. The Morgan fingerprint density at radius 3 is 2.76 bits per heavy atom. The molecule has 2 rings (SSSR count). The van der Waals surface area contributed by atoms with Crippen molar-refractivity contribution in [3.8, 4) is 0 Å². The summed E-state index contributed by atoms with van der Waals surface area (Å²) in [7, 11) is -3.89. The Balaban J connectivity index is 2.11. The fourth-order valence-electron chi connectivity index (χ4n) is 2.50. The van der Waals surface area contributed by atoms with E-state index < -0.39 is 20.6 Å². The van der Waals surface area contributed by atoms with Gasteiger partial charge in [-0.1, -0.05) is 18.2 Å². The van der Waals surface area contributed by atoms with Crippen LogP contribution in [0, 0.1) is 22.0 Å². The summed E-state index contributed by atoms with van der Waals surface area (Å²) in [6, 6.07) is 5.08. The Labute approximate surface area is 124 Å². The molecule has 0 bridgehead atoms. The maximum Gasteiger partial charge on any atom is 0.289 e. The van der Waals surface area contributed by atoms with E-state index >= 15 is 0 Å². The van der Waals surface area contributed by atoms with E-state index in [9.17, 15) is 18.5 Å². The smallest absolute Gasteiger partial charge is 0.258 e. The largest absolute Gasteiger partial charge is 0.289 e. The average Bonchev–Trinajstić information content (AvgIpc) is 3.16. The first-order valence-electron chi connectivity index (χ1n) is 6.73. The van der Waals surface area contributed by atoms with Gasteiger partial charge < -0.3 is 0 Å². The molecule has 1 aliphatic rings. The van der Waals surface area contributed by atoms with Crippen molar-refractivity contribution in [1.82, 2.24) is 4.72 Å². The number of hydrogen-bond donors (Lipinski definition) is 1. The van der Waals surface area contributed by atoms with Gasteiger partial charge >= 0.3 is 0 Å². The Morgan fingerprint density at radius 1 is 1.52 bits per heavy atom. The van der Waals surface area contributed by atoms with Crippen molar-refractivity contribution >= 4 is 15.7 Å². The summed E-state index contributed by atoms with van der Waals surface area (Å²) in [5, 5.41) is 10.9. The second kappa shape index (κ2) is 5.95. The number of sulfonamides is 1. The van der Waals surface area contributed by atoms with Crippen molar-refractivity contribution in [2.24, 2.45) is 11.8 Å². The highest BCUT2D eigenvalue weighted by molar-refractivity contribution is 7.89. The van der Waals surface area contributed by atoms with E-state index in [1.807, 2.05) is 6.08 Å². The monoisotopic (exact) mass is 310 g/mol. The van der Waals surface area contributed by atoms with Crippen LogP contribution in [-0.4, -0.2) is 19.4 Å². The van der Waals surface area contributed by atoms with E-state index in [0.717, 1.165) is 6.42 Å². The van der Waals surface area contributed by atoms with E-state index in [2.05, 4.69) is 11.3 Å². The van der Waals surface area contributed by atoms with Crippen LogP contribution in [0.3, 0.4) is 0 Å². The second-order valence-electron chi connectivity index (χ2n) is 5.38. The molecule has 0 radical (unpaired) electrons. The molecule has 1 aromatic rings. The molecule has 1 N–H and O–H groups in total. The molecule has 1 aliphatic carbocycles. The minimum absolute atomic E-state index is 0.273. The van der Waals surface area contributed by atoms with E-state index in [1.54, 1.807) is 6.92 Å². The highest BCUT2D eigenvalue weighted by Crippen LogP contribution is 2.42. The van der Waals surface area contributed by atoms with Gasteiger partial charge in [0.25, 0.3) is 5.69 Å². The van der Waals surface area contributed by atoms with Crippen LogP contribution in [0.5, 0.6) is 0 Å². The van der Waals surface area contributed by atoms with Crippen LogP contribution >= 0.6 is 0 Å². The number of allylic oxidation sites excluding steroid dienone is 1. The van der Waals surface area contributed by atoms with Crippen molar-refractivity contribution in [2.45, 2.75) is 30.7 Å². The zero-order valence-corrected chi connectivity index (χ0v) is 12.5. The normalized spacial score (nSPS) is 22.5. The van der Waals surface area contributed by atoms with Crippen molar-refractivity contribution in [3.63, 3.8) is 0 Å². The van der Waals surface area contributed by atoms with Gasteiger partial charge in [0.15, 0.2) is 4.90 Å². The number of nitro benzene ring substituents is 1. The summed E-state index contributed by atoms with van der Waals surface area (Å²) < 4.78 is 27.1. The minimum Gasteiger partial charge on any atom is -0.258 e. The maximum absolute atomic E-state index is 12.3. The van der Waals surface area contributed by atoms with Crippen LogP contribution in [0.15, 0.2) is 41.8 Å². The first-order chi connectivity index (χ1) is 9.85. The zero-order valence-electron chi connectivity index (χ0n) is 11.7. The Kier molecular flexibility index (Phi) is 4.43. The first kappa shape index (κ1) is 15.7. The van der Waals surface area contributed by atoms with Gasteiger partial charge in [0.2, 0.25) is 10.0 Å². The fraction of sp³-hybridized carbons (Fsp3) is 0.429. The van der Waals surface area contributed by atoms with Crippen LogP contribution < -0.4 is 4.72 Å². The predicted octanol–water partition coefficient (Wildman–Crippen LogP) is 2.47. The molecule has 3 atom stereocenters. The molecule has 0 unspecified atom stereocenters. The van der Waals surface area contributed by atoms with Gasteiger partial charge in [-0.25, -0.2) is 13.1 Å². The van der Waals surface area contributed by atoms with Gasteiger partial charge in [0.1, 0.15) is 0 Å². The summed E-state index contributed by atoms with van der Waals surface area (Å²) in [5.74, 6) is 0.911. The van der Waals surface area contributed by atoms with Crippen molar-refractivity contribution in [2.75, 3.05) is 0 Å². The lowest BCUT2D eigenvalue weighted by Gasteiger charge is -2.14. The molecule has 0 amide bonds. The van der Waals surface area contributed by atoms with E-state index in [0.29, 0.717) is 18.3 Å². The van der Waals surface area contributed by atoms with Gasteiger partial charge in [-0.15, -0.1) is 6.58 Å². The van der Waals surface area contributed by atoms with Crippen molar-refractivity contribution in [1.29, 1.82) is 0 Å². The molecule has 6 nitrogen and oxygen atoms in total. The number of hydrogen-bond acceptors (Lipinski definition) is 4. The molecule has 21 heavy (non-hydrogen) atoms. The molecule has 1 fully saturated rings. The summed E-state index contributed by atoms with van der Waals surface area (Å²) in [6.07, 6.45) is 3.62. The molecular weight excluding hydrogens is 292 g/mol. The lowest BCUT2D eigenvalue weighted by atomic mass is 10.1. The third kappa shape index (κ3) is 3.68. The lowest BCUT2D eigenvalue weighted by Crippen LogP contribution is -2.33. The van der Waals surface area contributed by atoms with Crippen LogP contribution in [0.25, 0.3) is 0 Å². The molecule has 0 heterocycles. The molecule has 114 valence electrons. The predicted molar refractivity (Wildman–Crippen MR) is 79.3 cm³/mol. The number of para-hydroxylation sites is 1. The Hall–Kier alpha value is -1.73. The van der Waals surface area contributed by atoms with Crippen LogP contribution in [0.1, 0.15) is 19.8 Å². The molecular formula is C14H18N2O4S. The summed E-state index contributed by atoms with van der Waals surface area (Å²) in [4.78, 5) is 9.95. The number of nitrogens with zero attached hydrogens (tertiary/aromatic N) is 1. The van der Waals surface area contributed by atoms with Gasteiger partial charge in [-0.2, -0.15) is 0 Å². The van der Waals surface area contributed by atoms with E-state index in [4.69, 9.17) is 0 Å². The van der Waals surface area contributed by atoms with Crippen LogP contribution in [0.2, 0.25) is 0 Å². The fourth-order valence-corrected chi connectivity index (χ4v) is 3.93. The lowest BCUT2D eigenvalue weighted by molar-refractivity contribution is -0.387. The molecule has 0 spiro atoms. The molecule has 0 aromatic heterocycles. The highest BCUT2D eigenvalue weighted by Gasteiger charge is 2.36. The first-order valence-corrected chi connectivity index (χ1v) is 8.21. The number of nitro groups is 1. The number of nitrogens with one attached hydrogen (secondary N) is 1. The topological polar surface area (TPSA) is 89.3 Å². The quantitative estimate of drug-likeness (QED) is 0.476. The second-order valence-corrected chi connectivity index (χ2v) is 7.06. The number of rotatable bonds is 7. The van der Waals surface area contributed by atoms with Crippen molar-refractivity contribution < 1.29 is 13.3 Å². The summed E-state index contributed by atoms with van der Waals surface area (Å²) in [5.41, 5.74) is -0.410. The summed E-state index contributed by atoms with van der Waals surface area (Å²) >= 11 is 0. The number of benzene rings is 1. The molecule has 7 heteroatoms. The highest BCUT2D eigenvalue weighted by atomic mass is 32.2. The van der Waals surface area contributed by atoms with Gasteiger partial charge in [-0.3, -0.25) is 10.1 Å². The Bertz CT molecular complexity index is 657. The maximum atomic E-state index is 12.3. The standard InChI is InChI=1S/C14H18N2O4S/c1-3-11-9-12(11)8-10(2)15-21(19,20)14-7-5-4-6-13(14)16(17)18/h3-7,10-12,15H,1,8-9H2,2H3/t10-,11+,12+/m1/s1. The minimum atomic E-state index is -3.89. The zero-order chi connectivity index (χ0) is 15.6. The van der Waals surface area contributed by atoms with Crippen LogP contribution in [0.4, 0.5) is 5.69 Å². The summed E-state index contributed by atoms with van der Waals surface area (Å²) in [6.45, 7) is 5.49. The molecule has 1 aromatic carbocycles. The van der Waals surface area contributed by atoms with Crippen molar-refractivity contribution in [3.05, 3.63) is 47.0 Å². The van der Waals surface area contributed by atoms with Crippen LogP contribution in [-0.2, 0) is 10.0 Å². The van der Waals surface area contributed by atoms with Gasteiger partial charge in [0, 0.05) is 12.1 Å². The SMILES string of the molecule is C=C[C@H]1C[C@@H]1C[C@@H](C)NS(=O)(=O)c1ccccc1[N+](=O)[O-]. The molecule has 0 aliphatic heterocycles. The van der Waals surface area contributed by atoms with Gasteiger partial charge in [-0.05, 0) is 37.7 Å². The average molecular weight is 310 g/mol. The van der Waals surface area contributed by atoms with E-state index in [1.165, 1.54) is 24.3 Å².